The Morgan fingerprint density at radius 3 is 2.72 bits per heavy atom. The molecule has 2 N–H and O–H groups in total. The average molecular weight is 312 g/mol. The van der Waals surface area contributed by atoms with Gasteiger partial charge < -0.3 is 10.4 Å². The van der Waals surface area contributed by atoms with Crippen LogP contribution in [-0.4, -0.2) is 23.2 Å². The zero-order valence-electron chi connectivity index (χ0n) is 10.8. The summed E-state index contributed by atoms with van der Waals surface area (Å²) in [4.78, 5) is 12.2. The Kier molecular flexibility index (Phi) is 3.52. The van der Waals surface area contributed by atoms with Gasteiger partial charge in [0.25, 0.3) is 5.91 Å². The van der Waals surface area contributed by atoms with E-state index in [4.69, 9.17) is 0 Å². The van der Waals surface area contributed by atoms with Gasteiger partial charge in [-0.15, -0.1) is 0 Å². The van der Waals surface area contributed by atoms with E-state index in [1.807, 2.05) is 39.0 Å². The fourth-order valence-electron chi connectivity index (χ4n) is 2.24. The fourth-order valence-corrected chi connectivity index (χ4v) is 2.60. The van der Waals surface area contributed by atoms with Crippen molar-refractivity contribution in [2.24, 2.45) is 5.41 Å². The molecule has 2 unspecified atom stereocenters. The van der Waals surface area contributed by atoms with E-state index in [-0.39, 0.29) is 23.5 Å². The van der Waals surface area contributed by atoms with Crippen molar-refractivity contribution in [3.05, 3.63) is 33.8 Å². The van der Waals surface area contributed by atoms with Gasteiger partial charge in [0.1, 0.15) is 0 Å². The molecule has 1 aliphatic rings. The highest BCUT2D eigenvalue weighted by Crippen LogP contribution is 2.40. The van der Waals surface area contributed by atoms with Gasteiger partial charge in [0, 0.05) is 21.5 Å². The van der Waals surface area contributed by atoms with Crippen LogP contribution in [0.25, 0.3) is 0 Å². The van der Waals surface area contributed by atoms with Crippen LogP contribution in [0.5, 0.6) is 0 Å². The van der Waals surface area contributed by atoms with Gasteiger partial charge in [-0.3, -0.25) is 4.79 Å². The van der Waals surface area contributed by atoms with Gasteiger partial charge in [-0.2, -0.15) is 0 Å². The number of halogens is 1. The van der Waals surface area contributed by atoms with E-state index >= 15 is 0 Å². The zero-order chi connectivity index (χ0) is 13.5. The molecule has 1 amide bonds. The molecule has 0 aliphatic heterocycles. The first-order valence-corrected chi connectivity index (χ1v) is 6.87. The molecule has 1 aromatic carbocycles. The van der Waals surface area contributed by atoms with Gasteiger partial charge in [0.15, 0.2) is 0 Å². The van der Waals surface area contributed by atoms with Crippen molar-refractivity contribution in [1.82, 2.24) is 5.32 Å². The van der Waals surface area contributed by atoms with Crippen LogP contribution in [0.1, 0.15) is 36.2 Å². The molecule has 1 saturated carbocycles. The summed E-state index contributed by atoms with van der Waals surface area (Å²) >= 11 is 3.42. The molecule has 18 heavy (non-hydrogen) atoms. The number of carbonyl (C=O) groups is 1. The van der Waals surface area contributed by atoms with Gasteiger partial charge in [0.05, 0.1) is 6.10 Å². The second kappa shape index (κ2) is 4.67. The lowest BCUT2D eigenvalue weighted by Gasteiger charge is -2.49. The number of amides is 1. The van der Waals surface area contributed by atoms with Crippen LogP contribution in [0.15, 0.2) is 22.7 Å². The summed E-state index contributed by atoms with van der Waals surface area (Å²) < 4.78 is 0.933. The predicted molar refractivity (Wildman–Crippen MR) is 74.5 cm³/mol. The minimum atomic E-state index is -0.327. The Morgan fingerprint density at radius 2 is 2.17 bits per heavy atom. The summed E-state index contributed by atoms with van der Waals surface area (Å²) in [6, 6.07) is 5.63. The van der Waals surface area contributed by atoms with Crippen LogP contribution >= 0.6 is 15.9 Å². The summed E-state index contributed by atoms with van der Waals surface area (Å²) in [5, 5.41) is 12.7. The lowest BCUT2D eigenvalue weighted by Crippen LogP contribution is -2.61. The van der Waals surface area contributed by atoms with Crippen molar-refractivity contribution >= 4 is 21.8 Å². The third-order valence-electron chi connectivity index (χ3n) is 4.03. The molecule has 2 atom stereocenters. The molecular formula is C14H18BrNO2. The third-order valence-corrected chi connectivity index (χ3v) is 4.89. The topological polar surface area (TPSA) is 49.3 Å². The van der Waals surface area contributed by atoms with Gasteiger partial charge in [-0.1, -0.05) is 35.8 Å². The average Bonchev–Trinajstić information content (AvgIpc) is 2.32. The van der Waals surface area contributed by atoms with E-state index in [1.54, 1.807) is 0 Å². The summed E-state index contributed by atoms with van der Waals surface area (Å²) in [7, 11) is 0. The van der Waals surface area contributed by atoms with Crippen molar-refractivity contribution in [2.75, 3.05) is 0 Å². The maximum Gasteiger partial charge on any atom is 0.251 e. The van der Waals surface area contributed by atoms with Crippen LogP contribution in [0, 0.1) is 12.3 Å². The molecule has 0 bridgehead atoms. The number of aliphatic hydroxyl groups excluding tert-OH is 1. The van der Waals surface area contributed by atoms with Crippen molar-refractivity contribution < 1.29 is 9.90 Å². The minimum absolute atomic E-state index is 0.0402. The SMILES string of the molecule is Cc1c(Br)cccc1C(=O)NC1CC(O)C1(C)C. The molecule has 0 aromatic heterocycles. The monoisotopic (exact) mass is 311 g/mol. The largest absolute Gasteiger partial charge is 0.392 e. The van der Waals surface area contributed by atoms with E-state index in [2.05, 4.69) is 21.2 Å². The van der Waals surface area contributed by atoms with E-state index < -0.39 is 0 Å². The number of hydrogen-bond acceptors (Lipinski definition) is 2. The molecule has 0 saturated heterocycles. The second-order valence-corrected chi connectivity index (χ2v) is 6.37. The first-order chi connectivity index (χ1) is 8.34. The highest BCUT2D eigenvalue weighted by molar-refractivity contribution is 9.10. The first kappa shape index (κ1) is 13.6. The molecule has 0 spiro atoms. The highest BCUT2D eigenvalue weighted by atomic mass is 79.9. The molecule has 3 nitrogen and oxygen atoms in total. The van der Waals surface area contributed by atoms with E-state index in [9.17, 15) is 9.90 Å². The standard InChI is InChI=1S/C14H18BrNO2/c1-8-9(5-4-6-10(8)15)13(18)16-11-7-12(17)14(11,2)3/h4-6,11-12,17H,7H2,1-3H3,(H,16,18). The summed E-state index contributed by atoms with van der Waals surface area (Å²) in [6.07, 6.45) is 0.303. The third kappa shape index (κ3) is 2.19. The van der Waals surface area contributed by atoms with Crippen LogP contribution in [0.3, 0.4) is 0 Å². The van der Waals surface area contributed by atoms with Crippen LogP contribution in [-0.2, 0) is 0 Å². The fraction of sp³-hybridized carbons (Fsp3) is 0.500. The Morgan fingerprint density at radius 1 is 1.50 bits per heavy atom. The maximum absolute atomic E-state index is 12.2. The van der Waals surface area contributed by atoms with Crippen LogP contribution < -0.4 is 5.32 Å². The first-order valence-electron chi connectivity index (χ1n) is 6.08. The highest BCUT2D eigenvalue weighted by Gasteiger charge is 2.48. The van der Waals surface area contributed by atoms with E-state index in [1.165, 1.54) is 0 Å². The lowest BCUT2D eigenvalue weighted by atomic mass is 9.64. The molecule has 1 fully saturated rings. The van der Waals surface area contributed by atoms with Gasteiger partial charge in [0.2, 0.25) is 0 Å². The number of hydrogen-bond donors (Lipinski definition) is 2. The number of carbonyl (C=O) groups excluding carboxylic acids is 1. The minimum Gasteiger partial charge on any atom is -0.392 e. The molecule has 98 valence electrons. The normalized spacial score (nSPS) is 25.4. The number of aliphatic hydroxyl groups is 1. The molecule has 1 aliphatic carbocycles. The summed E-state index contributed by atoms with van der Waals surface area (Å²) in [5.41, 5.74) is 1.38. The molecule has 0 heterocycles. The molecular weight excluding hydrogens is 294 g/mol. The van der Waals surface area contributed by atoms with Crippen molar-refractivity contribution in [3.8, 4) is 0 Å². The summed E-state index contributed by atoms with van der Waals surface area (Å²) in [6.45, 7) is 5.86. The van der Waals surface area contributed by atoms with Gasteiger partial charge >= 0.3 is 0 Å². The van der Waals surface area contributed by atoms with E-state index in [0.29, 0.717) is 12.0 Å². The number of benzene rings is 1. The van der Waals surface area contributed by atoms with Gasteiger partial charge in [-0.05, 0) is 31.0 Å². The molecule has 2 rings (SSSR count). The summed E-state index contributed by atoms with van der Waals surface area (Å²) in [5.74, 6) is -0.0706. The van der Waals surface area contributed by atoms with Crippen LogP contribution in [0.4, 0.5) is 0 Å². The maximum atomic E-state index is 12.2. The Hall–Kier alpha value is -0.870. The number of rotatable bonds is 2. The Labute approximate surface area is 116 Å². The van der Waals surface area contributed by atoms with Crippen molar-refractivity contribution in [3.63, 3.8) is 0 Å². The Balaban J connectivity index is 2.12. The smallest absolute Gasteiger partial charge is 0.251 e. The Bertz CT molecular complexity index is 485. The zero-order valence-corrected chi connectivity index (χ0v) is 12.4. The van der Waals surface area contributed by atoms with Crippen LogP contribution in [0.2, 0.25) is 0 Å². The van der Waals surface area contributed by atoms with Gasteiger partial charge in [-0.25, -0.2) is 0 Å². The molecule has 4 heteroatoms. The van der Waals surface area contributed by atoms with Crippen molar-refractivity contribution in [1.29, 1.82) is 0 Å². The molecule has 1 aromatic rings. The quantitative estimate of drug-likeness (QED) is 0.882. The molecule has 0 radical (unpaired) electrons. The predicted octanol–water partition coefficient (Wildman–Crippen LogP) is 2.65. The lowest BCUT2D eigenvalue weighted by molar-refractivity contribution is -0.0689. The number of nitrogens with one attached hydrogen (secondary N) is 1. The van der Waals surface area contributed by atoms with Crippen molar-refractivity contribution in [2.45, 2.75) is 39.3 Å². The second-order valence-electron chi connectivity index (χ2n) is 5.51. The van der Waals surface area contributed by atoms with E-state index in [0.717, 1.165) is 10.0 Å².